The first-order valence-electron chi connectivity index (χ1n) is 9.47. The van der Waals surface area contributed by atoms with Crippen LogP contribution in [0.2, 0.25) is 5.02 Å². The minimum absolute atomic E-state index is 0.00607. The Morgan fingerprint density at radius 2 is 1.93 bits per heavy atom. The molecule has 6 nitrogen and oxygen atoms in total. The van der Waals surface area contributed by atoms with E-state index in [4.69, 9.17) is 21.1 Å². The van der Waals surface area contributed by atoms with Crippen LogP contribution in [0.5, 0.6) is 11.5 Å². The van der Waals surface area contributed by atoms with E-state index in [1.165, 1.54) is 0 Å². The van der Waals surface area contributed by atoms with Gasteiger partial charge in [0.05, 0.1) is 20.1 Å². The zero-order chi connectivity index (χ0) is 21.0. The Morgan fingerprint density at radius 3 is 2.66 bits per heavy atom. The average Bonchev–Trinajstić information content (AvgIpc) is 3.09. The van der Waals surface area contributed by atoms with Crippen LogP contribution in [0.15, 0.2) is 36.4 Å². The molecule has 0 spiro atoms. The molecule has 7 heteroatoms. The number of nitrogens with zero attached hydrogens (tertiary/aromatic N) is 1. The Labute approximate surface area is 175 Å². The minimum Gasteiger partial charge on any atom is -0.493 e. The smallest absolute Gasteiger partial charge is 0.229 e. The van der Waals surface area contributed by atoms with E-state index >= 15 is 0 Å². The number of hydrogen-bond acceptors (Lipinski definition) is 4. The van der Waals surface area contributed by atoms with Gasteiger partial charge in [-0.2, -0.15) is 0 Å². The van der Waals surface area contributed by atoms with Crippen LogP contribution in [0.1, 0.15) is 17.5 Å². The van der Waals surface area contributed by atoms with E-state index in [1.54, 1.807) is 31.3 Å². The maximum atomic E-state index is 12.6. The molecule has 0 radical (unpaired) electrons. The molecule has 2 aromatic carbocycles. The molecular weight excluding hydrogens is 392 g/mol. The Morgan fingerprint density at radius 1 is 1.17 bits per heavy atom. The lowest BCUT2D eigenvalue weighted by Crippen LogP contribution is -2.30. The summed E-state index contributed by atoms with van der Waals surface area (Å²) in [6, 6.07) is 11.1. The SMILES string of the molecule is COc1ccc(CCN2C[C@H](C(=O)Nc3cc(Cl)ccc3C)CC2=O)cc1OC. The number of ether oxygens (including phenoxy) is 2. The number of carbonyl (C=O) groups is 2. The van der Waals surface area contributed by atoms with Gasteiger partial charge in [-0.15, -0.1) is 0 Å². The van der Waals surface area contributed by atoms with Crippen LogP contribution in [-0.4, -0.2) is 44.0 Å². The summed E-state index contributed by atoms with van der Waals surface area (Å²) in [5.41, 5.74) is 2.65. The summed E-state index contributed by atoms with van der Waals surface area (Å²) in [4.78, 5) is 26.8. The highest BCUT2D eigenvalue weighted by molar-refractivity contribution is 6.31. The summed E-state index contributed by atoms with van der Waals surface area (Å²) in [5.74, 6) is 0.797. The highest BCUT2D eigenvalue weighted by Gasteiger charge is 2.34. The van der Waals surface area contributed by atoms with Crippen molar-refractivity contribution >= 4 is 29.1 Å². The maximum absolute atomic E-state index is 12.6. The van der Waals surface area contributed by atoms with Gasteiger partial charge in [-0.25, -0.2) is 0 Å². The van der Waals surface area contributed by atoms with Crippen LogP contribution >= 0.6 is 11.6 Å². The van der Waals surface area contributed by atoms with Crippen molar-refractivity contribution in [2.24, 2.45) is 5.92 Å². The van der Waals surface area contributed by atoms with E-state index in [2.05, 4.69) is 5.32 Å². The molecule has 29 heavy (non-hydrogen) atoms. The van der Waals surface area contributed by atoms with Gasteiger partial charge in [-0.1, -0.05) is 23.7 Å². The molecule has 1 aliphatic heterocycles. The zero-order valence-corrected chi connectivity index (χ0v) is 17.6. The number of halogens is 1. The normalized spacial score (nSPS) is 16.1. The fraction of sp³-hybridized carbons (Fsp3) is 0.364. The molecule has 1 saturated heterocycles. The number of aryl methyl sites for hydroxylation is 1. The molecule has 0 unspecified atom stereocenters. The summed E-state index contributed by atoms with van der Waals surface area (Å²) in [5, 5.41) is 3.46. The third-order valence-electron chi connectivity index (χ3n) is 5.16. The van der Waals surface area contributed by atoms with Crippen LogP contribution in [0, 0.1) is 12.8 Å². The molecule has 1 atom stereocenters. The lowest BCUT2D eigenvalue weighted by atomic mass is 10.1. The number of amides is 2. The van der Waals surface area contributed by atoms with Gasteiger partial charge >= 0.3 is 0 Å². The second-order valence-corrected chi connectivity index (χ2v) is 7.57. The van der Waals surface area contributed by atoms with E-state index in [0.29, 0.717) is 41.7 Å². The largest absolute Gasteiger partial charge is 0.493 e. The molecule has 2 amide bonds. The molecular formula is C22H25ClN2O4. The first-order chi connectivity index (χ1) is 13.9. The van der Waals surface area contributed by atoms with Crippen LogP contribution in [0.4, 0.5) is 5.69 Å². The number of hydrogen-bond donors (Lipinski definition) is 1. The number of nitrogens with one attached hydrogen (secondary N) is 1. The second-order valence-electron chi connectivity index (χ2n) is 7.13. The van der Waals surface area contributed by atoms with E-state index < -0.39 is 0 Å². The molecule has 0 saturated carbocycles. The average molecular weight is 417 g/mol. The predicted molar refractivity (Wildman–Crippen MR) is 113 cm³/mol. The number of benzene rings is 2. The van der Waals surface area contributed by atoms with Crippen LogP contribution < -0.4 is 14.8 Å². The van der Waals surface area contributed by atoms with Crippen molar-refractivity contribution in [3.63, 3.8) is 0 Å². The summed E-state index contributed by atoms with van der Waals surface area (Å²) in [7, 11) is 3.19. The van der Waals surface area contributed by atoms with Crippen molar-refractivity contribution in [1.29, 1.82) is 0 Å². The molecule has 3 rings (SSSR count). The zero-order valence-electron chi connectivity index (χ0n) is 16.8. The number of likely N-dealkylation sites (tertiary alicyclic amines) is 1. The summed E-state index contributed by atoms with van der Waals surface area (Å²) in [6.45, 7) is 2.87. The van der Waals surface area contributed by atoms with Gasteiger partial charge in [0, 0.05) is 30.2 Å². The standard InChI is InChI=1S/C22H25ClN2O4/c1-14-4-6-17(23)12-18(14)24-22(27)16-11-21(26)25(13-16)9-8-15-5-7-19(28-2)20(10-15)29-3/h4-7,10,12,16H,8-9,11,13H2,1-3H3,(H,24,27)/t16-/m1/s1. The Kier molecular flexibility index (Phi) is 6.64. The molecule has 154 valence electrons. The van der Waals surface area contributed by atoms with Crippen LogP contribution in [0.3, 0.4) is 0 Å². The van der Waals surface area contributed by atoms with Crippen molar-refractivity contribution < 1.29 is 19.1 Å². The molecule has 1 fully saturated rings. The van der Waals surface area contributed by atoms with Gasteiger partial charge in [0.25, 0.3) is 0 Å². The first kappa shape index (κ1) is 21.0. The Balaban J connectivity index is 1.58. The minimum atomic E-state index is -0.369. The van der Waals surface area contributed by atoms with Crippen molar-refractivity contribution in [1.82, 2.24) is 4.90 Å². The van der Waals surface area contributed by atoms with Crippen molar-refractivity contribution in [3.05, 3.63) is 52.5 Å². The van der Waals surface area contributed by atoms with Gasteiger partial charge in [-0.3, -0.25) is 9.59 Å². The van der Waals surface area contributed by atoms with Gasteiger partial charge in [0.2, 0.25) is 11.8 Å². The lowest BCUT2D eigenvalue weighted by molar-refractivity contribution is -0.128. The highest BCUT2D eigenvalue weighted by Crippen LogP contribution is 2.28. The fourth-order valence-electron chi connectivity index (χ4n) is 3.43. The van der Waals surface area contributed by atoms with Crippen molar-refractivity contribution in [2.75, 3.05) is 32.6 Å². The third-order valence-corrected chi connectivity index (χ3v) is 5.40. The molecule has 2 aromatic rings. The number of carbonyl (C=O) groups excluding carboxylic acids is 2. The summed E-state index contributed by atoms with van der Waals surface area (Å²) in [6.07, 6.45) is 0.894. The van der Waals surface area contributed by atoms with Gasteiger partial charge in [0.1, 0.15) is 0 Å². The topological polar surface area (TPSA) is 67.9 Å². The molecule has 1 aliphatic rings. The van der Waals surface area contributed by atoms with E-state index in [0.717, 1.165) is 11.1 Å². The van der Waals surface area contributed by atoms with Gasteiger partial charge < -0.3 is 19.7 Å². The van der Waals surface area contributed by atoms with Crippen molar-refractivity contribution in [2.45, 2.75) is 19.8 Å². The Hall–Kier alpha value is -2.73. The number of anilines is 1. The quantitative estimate of drug-likeness (QED) is 0.747. The van der Waals surface area contributed by atoms with Crippen LogP contribution in [0.25, 0.3) is 0 Å². The van der Waals surface area contributed by atoms with E-state index in [1.807, 2.05) is 31.2 Å². The second kappa shape index (κ2) is 9.18. The van der Waals surface area contributed by atoms with E-state index in [9.17, 15) is 9.59 Å². The predicted octanol–water partition coefficient (Wildman–Crippen LogP) is 3.70. The Bertz CT molecular complexity index is 916. The summed E-state index contributed by atoms with van der Waals surface area (Å²) < 4.78 is 10.6. The molecule has 0 aromatic heterocycles. The monoisotopic (exact) mass is 416 g/mol. The molecule has 1 N–H and O–H groups in total. The number of methoxy groups -OCH3 is 2. The molecule has 0 aliphatic carbocycles. The lowest BCUT2D eigenvalue weighted by Gasteiger charge is -2.17. The molecule has 1 heterocycles. The first-order valence-corrected chi connectivity index (χ1v) is 9.84. The highest BCUT2D eigenvalue weighted by atomic mass is 35.5. The third kappa shape index (κ3) is 5.01. The van der Waals surface area contributed by atoms with Gasteiger partial charge in [-0.05, 0) is 48.7 Å². The fourth-order valence-corrected chi connectivity index (χ4v) is 3.60. The summed E-state index contributed by atoms with van der Waals surface area (Å²) >= 11 is 6.02. The van der Waals surface area contributed by atoms with Crippen molar-refractivity contribution in [3.8, 4) is 11.5 Å². The maximum Gasteiger partial charge on any atom is 0.229 e. The molecule has 0 bridgehead atoms. The van der Waals surface area contributed by atoms with E-state index in [-0.39, 0.29) is 24.2 Å². The van der Waals surface area contributed by atoms with Crippen LogP contribution in [-0.2, 0) is 16.0 Å². The number of rotatable bonds is 7. The van der Waals surface area contributed by atoms with Gasteiger partial charge in [0.15, 0.2) is 11.5 Å².